The summed E-state index contributed by atoms with van der Waals surface area (Å²) in [6.45, 7) is 1.85. The van der Waals surface area contributed by atoms with Crippen LogP contribution in [-0.2, 0) is 5.41 Å². The van der Waals surface area contributed by atoms with Crippen LogP contribution in [-0.4, -0.2) is 31.0 Å². The van der Waals surface area contributed by atoms with Gasteiger partial charge in [0.05, 0.1) is 6.10 Å². The molecule has 0 spiro atoms. The van der Waals surface area contributed by atoms with Crippen LogP contribution < -0.4 is 0 Å². The quantitative estimate of drug-likeness (QED) is 0.856. The van der Waals surface area contributed by atoms with Crippen LogP contribution in [0.5, 0.6) is 0 Å². The van der Waals surface area contributed by atoms with E-state index in [4.69, 9.17) is 0 Å². The molecule has 1 aliphatic rings. The molecule has 1 aliphatic carbocycles. The van der Waals surface area contributed by atoms with Crippen molar-refractivity contribution in [3.05, 3.63) is 36.5 Å². The Morgan fingerprint density at radius 3 is 2.71 bits per heavy atom. The molecule has 88 valence electrons. The van der Waals surface area contributed by atoms with E-state index in [1.54, 1.807) is 11.0 Å². The van der Waals surface area contributed by atoms with Crippen LogP contribution in [0.1, 0.15) is 25.3 Å². The molecular weight excluding hydrogens is 216 g/mol. The summed E-state index contributed by atoms with van der Waals surface area (Å²) in [5.41, 5.74) is 1.05. The topological polar surface area (TPSA) is 63.8 Å². The number of hydrogen-bond donors (Lipinski definition) is 1. The van der Waals surface area contributed by atoms with E-state index in [9.17, 15) is 5.11 Å². The Morgan fingerprint density at radius 2 is 2.24 bits per heavy atom. The van der Waals surface area contributed by atoms with Crippen molar-refractivity contribution in [2.45, 2.75) is 31.3 Å². The summed E-state index contributed by atoms with van der Waals surface area (Å²) >= 11 is 0. The molecule has 0 aromatic carbocycles. The van der Waals surface area contributed by atoms with E-state index in [-0.39, 0.29) is 11.5 Å². The standard InChI is InChI=1S/C12H14N4O/c1-9(17)12(4-5-12)10-2-3-11(14-6-10)16-8-13-7-15-16/h2-3,6-9,17H,4-5H2,1H3. The molecule has 1 N–H and O–H groups in total. The van der Waals surface area contributed by atoms with Gasteiger partial charge in [0.2, 0.25) is 0 Å². The van der Waals surface area contributed by atoms with Gasteiger partial charge in [-0.25, -0.2) is 14.6 Å². The van der Waals surface area contributed by atoms with E-state index in [2.05, 4.69) is 15.1 Å². The lowest BCUT2D eigenvalue weighted by Crippen LogP contribution is -2.22. The van der Waals surface area contributed by atoms with Crippen LogP contribution in [0.25, 0.3) is 5.82 Å². The molecule has 3 rings (SSSR count). The van der Waals surface area contributed by atoms with Crippen molar-refractivity contribution < 1.29 is 5.11 Å². The third kappa shape index (κ3) is 1.63. The minimum atomic E-state index is -0.318. The summed E-state index contributed by atoms with van der Waals surface area (Å²) in [6.07, 6.45) is 6.68. The normalized spacial score (nSPS) is 18.9. The Hall–Kier alpha value is -1.75. The molecule has 0 amide bonds. The Morgan fingerprint density at radius 1 is 1.41 bits per heavy atom. The van der Waals surface area contributed by atoms with Gasteiger partial charge >= 0.3 is 0 Å². The molecule has 2 heterocycles. The Labute approximate surface area is 99.1 Å². The van der Waals surface area contributed by atoms with Crippen LogP contribution >= 0.6 is 0 Å². The predicted octanol–water partition coefficient (Wildman–Crippen LogP) is 1.07. The maximum Gasteiger partial charge on any atom is 0.155 e. The van der Waals surface area contributed by atoms with Gasteiger partial charge in [0.15, 0.2) is 5.82 Å². The largest absolute Gasteiger partial charge is 0.392 e. The molecule has 17 heavy (non-hydrogen) atoms. The molecule has 5 heteroatoms. The first-order valence-corrected chi connectivity index (χ1v) is 5.72. The first-order valence-electron chi connectivity index (χ1n) is 5.72. The van der Waals surface area contributed by atoms with E-state index in [0.717, 1.165) is 24.2 Å². The predicted molar refractivity (Wildman–Crippen MR) is 61.7 cm³/mol. The third-order valence-electron chi connectivity index (χ3n) is 3.56. The van der Waals surface area contributed by atoms with Crippen LogP contribution in [0.4, 0.5) is 0 Å². The third-order valence-corrected chi connectivity index (χ3v) is 3.56. The number of pyridine rings is 1. The molecule has 1 atom stereocenters. The zero-order valence-corrected chi connectivity index (χ0v) is 9.61. The van der Waals surface area contributed by atoms with Gasteiger partial charge in [0, 0.05) is 11.6 Å². The molecular formula is C12H14N4O. The maximum absolute atomic E-state index is 9.79. The first kappa shape index (κ1) is 10.4. The average Bonchev–Trinajstić information content (AvgIpc) is 2.98. The SMILES string of the molecule is CC(O)C1(c2ccc(-n3cncn3)nc2)CC1. The molecule has 1 fully saturated rings. The highest BCUT2D eigenvalue weighted by atomic mass is 16.3. The fourth-order valence-corrected chi connectivity index (χ4v) is 2.22. The molecule has 0 bridgehead atoms. The van der Waals surface area contributed by atoms with E-state index < -0.39 is 0 Å². The molecule has 1 saturated carbocycles. The van der Waals surface area contributed by atoms with E-state index >= 15 is 0 Å². The summed E-state index contributed by atoms with van der Waals surface area (Å²) in [4.78, 5) is 8.24. The zero-order valence-electron chi connectivity index (χ0n) is 9.61. The Kier molecular flexibility index (Phi) is 2.22. The second-order valence-corrected chi connectivity index (χ2v) is 4.58. The number of aliphatic hydroxyl groups is 1. The second-order valence-electron chi connectivity index (χ2n) is 4.58. The van der Waals surface area contributed by atoms with Gasteiger partial charge in [-0.1, -0.05) is 6.07 Å². The summed E-state index contributed by atoms with van der Waals surface area (Å²) in [5.74, 6) is 0.743. The highest BCUT2D eigenvalue weighted by molar-refractivity contribution is 5.34. The van der Waals surface area contributed by atoms with Crippen LogP contribution in [0.2, 0.25) is 0 Å². The van der Waals surface area contributed by atoms with Crippen molar-refractivity contribution in [1.29, 1.82) is 0 Å². The minimum absolute atomic E-state index is 0.0616. The fourth-order valence-electron chi connectivity index (χ4n) is 2.22. The lowest BCUT2D eigenvalue weighted by Gasteiger charge is -2.18. The van der Waals surface area contributed by atoms with E-state index in [0.29, 0.717) is 0 Å². The molecule has 2 aromatic rings. The molecule has 1 unspecified atom stereocenters. The van der Waals surface area contributed by atoms with Gasteiger partial charge in [-0.2, -0.15) is 5.10 Å². The van der Waals surface area contributed by atoms with Gasteiger partial charge in [0.1, 0.15) is 12.7 Å². The number of rotatable bonds is 3. The monoisotopic (exact) mass is 230 g/mol. The number of hydrogen-bond acceptors (Lipinski definition) is 4. The number of aliphatic hydroxyl groups excluding tert-OH is 1. The smallest absolute Gasteiger partial charge is 0.155 e. The van der Waals surface area contributed by atoms with Gasteiger partial charge in [0.25, 0.3) is 0 Å². The summed E-state index contributed by atoms with van der Waals surface area (Å²) in [5, 5.41) is 13.8. The summed E-state index contributed by atoms with van der Waals surface area (Å²) in [7, 11) is 0. The minimum Gasteiger partial charge on any atom is -0.392 e. The second kappa shape index (κ2) is 3.63. The fraction of sp³-hybridized carbons (Fsp3) is 0.417. The molecule has 2 aromatic heterocycles. The highest BCUT2D eigenvalue weighted by Crippen LogP contribution is 2.50. The van der Waals surface area contributed by atoms with Crippen molar-refractivity contribution in [1.82, 2.24) is 19.7 Å². The lowest BCUT2D eigenvalue weighted by atomic mass is 9.92. The van der Waals surface area contributed by atoms with E-state index in [1.807, 2.05) is 25.3 Å². The maximum atomic E-state index is 9.79. The van der Waals surface area contributed by atoms with Gasteiger partial charge in [-0.15, -0.1) is 0 Å². The average molecular weight is 230 g/mol. The molecule has 5 nitrogen and oxygen atoms in total. The van der Waals surface area contributed by atoms with E-state index in [1.165, 1.54) is 6.33 Å². The Bertz CT molecular complexity index is 500. The van der Waals surface area contributed by atoms with Crippen LogP contribution in [0.15, 0.2) is 31.0 Å². The van der Waals surface area contributed by atoms with Crippen LogP contribution in [0.3, 0.4) is 0 Å². The van der Waals surface area contributed by atoms with Crippen molar-refractivity contribution in [2.75, 3.05) is 0 Å². The summed E-state index contributed by atoms with van der Waals surface area (Å²) < 4.78 is 1.62. The lowest BCUT2D eigenvalue weighted by molar-refractivity contribution is 0.150. The van der Waals surface area contributed by atoms with Gasteiger partial charge < -0.3 is 5.11 Å². The van der Waals surface area contributed by atoms with Crippen molar-refractivity contribution in [3.63, 3.8) is 0 Å². The van der Waals surface area contributed by atoms with Gasteiger partial charge in [-0.3, -0.25) is 0 Å². The zero-order chi connectivity index (χ0) is 11.9. The van der Waals surface area contributed by atoms with Crippen LogP contribution in [0, 0.1) is 0 Å². The van der Waals surface area contributed by atoms with Crippen molar-refractivity contribution >= 4 is 0 Å². The molecule has 0 aliphatic heterocycles. The summed E-state index contributed by atoms with van der Waals surface area (Å²) in [6, 6.07) is 3.93. The van der Waals surface area contributed by atoms with Crippen molar-refractivity contribution in [2.24, 2.45) is 0 Å². The highest BCUT2D eigenvalue weighted by Gasteiger charge is 2.48. The Balaban J connectivity index is 1.91. The van der Waals surface area contributed by atoms with Crippen molar-refractivity contribution in [3.8, 4) is 5.82 Å². The number of nitrogens with zero attached hydrogens (tertiary/aromatic N) is 4. The molecule has 0 saturated heterocycles. The number of aromatic nitrogens is 4. The van der Waals surface area contributed by atoms with Gasteiger partial charge in [-0.05, 0) is 31.4 Å². The molecule has 0 radical (unpaired) electrons. The first-order chi connectivity index (χ1) is 8.22.